The molecule has 0 aliphatic carbocycles. The van der Waals surface area contributed by atoms with Gasteiger partial charge in [-0.2, -0.15) is 8.42 Å². The van der Waals surface area contributed by atoms with Crippen molar-refractivity contribution >= 4 is 10.4 Å². The standard InChI is InChI=1S/C24H33NO9S/c1-25(9-7-11-34-35(26,27)28)10-8-16-12-19(29-2)20(30-3)15-18(16)23(25)17-13-21(31-4)24(33-6)22(14-17)32-5/h12-15,23H,7-11H2,1-6H3/p+1/t23-,25-/m1/s1. The molecule has 11 heteroatoms. The second-order valence-corrected chi connectivity index (χ2v) is 9.64. The highest BCUT2D eigenvalue weighted by Gasteiger charge is 2.41. The van der Waals surface area contributed by atoms with Gasteiger partial charge >= 0.3 is 10.4 Å². The maximum atomic E-state index is 11.0. The topological polar surface area (TPSA) is 110 Å². The molecule has 0 unspecified atom stereocenters. The minimum Gasteiger partial charge on any atom is -0.493 e. The number of hydrogen-bond donors (Lipinski definition) is 1. The quantitative estimate of drug-likeness (QED) is 0.276. The third kappa shape index (κ3) is 5.75. The van der Waals surface area contributed by atoms with Crippen LogP contribution in [0.2, 0.25) is 0 Å². The SMILES string of the molecule is COc1cc2c(cc1OC)[C@@H](c1cc(OC)c(OC)c(OC)c1)[N@+](C)(CCCOS(=O)(=O)O)CC2. The number of benzene rings is 2. The van der Waals surface area contributed by atoms with Crippen molar-refractivity contribution in [1.29, 1.82) is 0 Å². The van der Waals surface area contributed by atoms with E-state index < -0.39 is 10.4 Å². The van der Waals surface area contributed by atoms with E-state index in [1.54, 1.807) is 35.5 Å². The molecule has 194 valence electrons. The average Bonchev–Trinajstić information content (AvgIpc) is 2.84. The van der Waals surface area contributed by atoms with Crippen LogP contribution in [0.15, 0.2) is 24.3 Å². The van der Waals surface area contributed by atoms with Crippen molar-refractivity contribution < 1.29 is 45.3 Å². The van der Waals surface area contributed by atoms with E-state index in [-0.39, 0.29) is 12.6 Å². The van der Waals surface area contributed by atoms with Crippen LogP contribution < -0.4 is 23.7 Å². The van der Waals surface area contributed by atoms with Crippen LogP contribution in [0.4, 0.5) is 0 Å². The smallest absolute Gasteiger partial charge is 0.397 e. The van der Waals surface area contributed by atoms with Crippen molar-refractivity contribution in [3.05, 3.63) is 41.0 Å². The third-order valence-corrected chi connectivity index (χ3v) is 6.97. The lowest BCUT2D eigenvalue weighted by atomic mass is 9.85. The fourth-order valence-corrected chi connectivity index (χ4v) is 5.21. The van der Waals surface area contributed by atoms with E-state index in [9.17, 15) is 8.42 Å². The first kappa shape index (κ1) is 26.9. The maximum Gasteiger partial charge on any atom is 0.397 e. The van der Waals surface area contributed by atoms with E-state index in [0.29, 0.717) is 46.2 Å². The Balaban J connectivity index is 2.15. The van der Waals surface area contributed by atoms with Gasteiger partial charge in [0.2, 0.25) is 5.75 Å². The van der Waals surface area contributed by atoms with E-state index in [0.717, 1.165) is 29.7 Å². The Morgan fingerprint density at radius 3 is 1.97 bits per heavy atom. The Morgan fingerprint density at radius 2 is 1.46 bits per heavy atom. The van der Waals surface area contributed by atoms with E-state index in [1.165, 1.54) is 0 Å². The average molecular weight is 513 g/mol. The predicted octanol–water partition coefficient (Wildman–Crippen LogP) is 3.03. The number of hydrogen-bond acceptors (Lipinski definition) is 8. The molecule has 1 heterocycles. The third-order valence-electron chi connectivity index (χ3n) is 6.50. The first-order valence-electron chi connectivity index (χ1n) is 11.1. The fraction of sp³-hybridized carbons (Fsp3) is 0.500. The normalized spacial score (nSPS) is 19.6. The van der Waals surface area contributed by atoms with Gasteiger partial charge in [0.25, 0.3) is 0 Å². The summed E-state index contributed by atoms with van der Waals surface area (Å²) in [6.07, 6.45) is 1.20. The molecule has 0 saturated heterocycles. The summed E-state index contributed by atoms with van der Waals surface area (Å²) in [4.78, 5) is 0. The van der Waals surface area contributed by atoms with Crippen LogP contribution in [0.5, 0.6) is 28.7 Å². The zero-order valence-electron chi connectivity index (χ0n) is 21.0. The molecule has 0 spiro atoms. The molecule has 1 aliphatic rings. The summed E-state index contributed by atoms with van der Waals surface area (Å²) in [5.74, 6) is 2.85. The van der Waals surface area contributed by atoms with E-state index in [4.69, 9.17) is 28.2 Å². The van der Waals surface area contributed by atoms with Gasteiger partial charge in [0.05, 0.1) is 62.3 Å². The van der Waals surface area contributed by atoms with Gasteiger partial charge in [-0.25, -0.2) is 4.18 Å². The van der Waals surface area contributed by atoms with Crippen LogP contribution in [0.1, 0.15) is 29.2 Å². The molecule has 1 N–H and O–H groups in total. The molecule has 0 bridgehead atoms. The molecule has 1 aliphatic heterocycles. The summed E-state index contributed by atoms with van der Waals surface area (Å²) in [5.41, 5.74) is 3.12. The molecule has 3 rings (SSSR count). The number of nitrogens with zero attached hydrogens (tertiary/aromatic N) is 1. The van der Waals surface area contributed by atoms with Crippen molar-refractivity contribution in [1.82, 2.24) is 0 Å². The van der Waals surface area contributed by atoms with Crippen LogP contribution in [0.3, 0.4) is 0 Å². The molecule has 0 fully saturated rings. The molecule has 35 heavy (non-hydrogen) atoms. The van der Waals surface area contributed by atoms with Gasteiger partial charge < -0.3 is 28.2 Å². The Morgan fingerprint density at radius 1 is 0.886 bits per heavy atom. The fourth-order valence-electron chi connectivity index (χ4n) is 4.88. The highest BCUT2D eigenvalue weighted by Crippen LogP contribution is 2.48. The van der Waals surface area contributed by atoms with E-state index in [2.05, 4.69) is 11.2 Å². The molecule has 0 radical (unpaired) electrons. The Hall–Kier alpha value is -2.73. The molecule has 0 amide bonds. The van der Waals surface area contributed by atoms with Crippen LogP contribution in [0.25, 0.3) is 0 Å². The zero-order chi connectivity index (χ0) is 25.8. The van der Waals surface area contributed by atoms with Crippen LogP contribution in [0, 0.1) is 0 Å². The number of methoxy groups -OCH3 is 5. The highest BCUT2D eigenvalue weighted by atomic mass is 32.3. The van der Waals surface area contributed by atoms with Crippen LogP contribution in [-0.2, 0) is 21.0 Å². The first-order valence-corrected chi connectivity index (χ1v) is 12.5. The van der Waals surface area contributed by atoms with Gasteiger partial charge in [0.15, 0.2) is 23.0 Å². The largest absolute Gasteiger partial charge is 0.493 e. The Labute approximate surface area is 206 Å². The summed E-state index contributed by atoms with van der Waals surface area (Å²) in [7, 11) is 5.54. The number of likely N-dealkylation sites (N-methyl/N-ethyl adjacent to an activating group) is 1. The van der Waals surface area contributed by atoms with Gasteiger partial charge in [-0.1, -0.05) is 0 Å². The summed E-state index contributed by atoms with van der Waals surface area (Å²) in [6.45, 7) is 1.24. The predicted molar refractivity (Wildman–Crippen MR) is 129 cm³/mol. The summed E-state index contributed by atoms with van der Waals surface area (Å²) in [6, 6.07) is 7.70. The van der Waals surface area contributed by atoms with Crippen LogP contribution >= 0.6 is 0 Å². The second kappa shape index (κ2) is 10.9. The maximum absolute atomic E-state index is 11.0. The molecular weight excluding hydrogens is 478 g/mol. The lowest BCUT2D eigenvalue weighted by Crippen LogP contribution is -2.52. The van der Waals surface area contributed by atoms with Gasteiger partial charge in [-0.15, -0.1) is 0 Å². The number of quaternary nitrogens is 1. The number of ether oxygens (including phenoxy) is 5. The highest BCUT2D eigenvalue weighted by molar-refractivity contribution is 7.80. The van der Waals surface area contributed by atoms with Crippen molar-refractivity contribution in [2.75, 3.05) is 62.3 Å². The van der Waals surface area contributed by atoms with Crippen LogP contribution in [-0.4, -0.2) is 79.7 Å². The van der Waals surface area contributed by atoms with Gasteiger partial charge in [0.1, 0.15) is 6.04 Å². The summed E-state index contributed by atoms with van der Waals surface area (Å²) < 4.78 is 63.9. The summed E-state index contributed by atoms with van der Waals surface area (Å²) in [5, 5.41) is 0. The van der Waals surface area contributed by atoms with Crippen molar-refractivity contribution in [3.63, 3.8) is 0 Å². The minimum atomic E-state index is -4.49. The van der Waals surface area contributed by atoms with Crippen molar-refractivity contribution in [2.45, 2.75) is 18.9 Å². The monoisotopic (exact) mass is 512 g/mol. The Kier molecular flexibility index (Phi) is 8.37. The van der Waals surface area contributed by atoms with Crippen molar-refractivity contribution in [2.24, 2.45) is 0 Å². The van der Waals surface area contributed by atoms with E-state index >= 15 is 0 Å². The van der Waals surface area contributed by atoms with Crippen molar-refractivity contribution in [3.8, 4) is 28.7 Å². The molecule has 2 atom stereocenters. The lowest BCUT2D eigenvalue weighted by Gasteiger charge is -2.46. The molecule has 10 nitrogen and oxygen atoms in total. The minimum absolute atomic E-state index is 0.118. The summed E-state index contributed by atoms with van der Waals surface area (Å²) >= 11 is 0. The Bertz CT molecular complexity index is 1130. The molecular formula is C24H34NO9S+. The van der Waals surface area contributed by atoms with E-state index in [1.807, 2.05) is 24.3 Å². The van der Waals surface area contributed by atoms with Gasteiger partial charge in [-0.3, -0.25) is 4.55 Å². The van der Waals surface area contributed by atoms with Gasteiger partial charge in [-0.05, 0) is 29.8 Å². The zero-order valence-corrected chi connectivity index (χ0v) is 21.8. The first-order chi connectivity index (χ1) is 16.6. The molecule has 0 aromatic heterocycles. The number of fused-ring (bicyclic) bond motifs is 1. The molecule has 0 saturated carbocycles. The lowest BCUT2D eigenvalue weighted by molar-refractivity contribution is -0.935. The number of rotatable bonds is 11. The second-order valence-electron chi connectivity index (χ2n) is 8.55. The van der Waals surface area contributed by atoms with Gasteiger partial charge in [0, 0.05) is 24.0 Å². The molecule has 2 aromatic rings. The molecule has 2 aromatic carbocycles.